The van der Waals surface area contributed by atoms with Crippen molar-refractivity contribution in [2.75, 3.05) is 6.54 Å². The average Bonchev–Trinajstić information content (AvgIpc) is 2.94. The van der Waals surface area contributed by atoms with Crippen LogP contribution in [-0.4, -0.2) is 41.0 Å². The van der Waals surface area contributed by atoms with Crippen LogP contribution in [0.1, 0.15) is 25.8 Å². The lowest BCUT2D eigenvalue weighted by atomic mass is 9.78. The number of carbonyl (C=O) groups excluding carboxylic acids is 2. The monoisotopic (exact) mass is 314 g/mol. The molecule has 1 aromatic carbocycles. The molecule has 5 nitrogen and oxygen atoms in total. The van der Waals surface area contributed by atoms with Crippen LogP contribution in [0.4, 0.5) is 0 Å². The highest BCUT2D eigenvalue weighted by atomic mass is 16.5. The maximum atomic E-state index is 12.9. The van der Waals surface area contributed by atoms with Crippen LogP contribution in [0.25, 0.3) is 0 Å². The Hall–Kier alpha value is -1.72. The van der Waals surface area contributed by atoms with Gasteiger partial charge in [-0.2, -0.15) is 0 Å². The largest absolute Gasteiger partial charge is 0.360 e. The first kappa shape index (κ1) is 14.8. The highest BCUT2D eigenvalue weighted by Gasteiger charge is 2.64. The van der Waals surface area contributed by atoms with Gasteiger partial charge in [0.25, 0.3) is 5.91 Å². The minimum absolute atomic E-state index is 0.0686. The maximum absolute atomic E-state index is 12.9. The Labute approximate surface area is 136 Å². The van der Waals surface area contributed by atoms with Gasteiger partial charge in [-0.15, -0.1) is 0 Å². The van der Waals surface area contributed by atoms with Gasteiger partial charge >= 0.3 is 0 Å². The molecule has 4 rings (SSSR count). The Morgan fingerprint density at radius 1 is 1.26 bits per heavy atom. The van der Waals surface area contributed by atoms with Crippen LogP contribution in [0.3, 0.4) is 0 Å². The number of nitrogens with zero attached hydrogens (tertiary/aromatic N) is 1. The molecule has 0 bridgehead atoms. The number of hydrogen-bond acceptors (Lipinski definition) is 4. The molecule has 3 fully saturated rings. The fourth-order valence-electron chi connectivity index (χ4n) is 4.44. The third kappa shape index (κ3) is 2.22. The van der Waals surface area contributed by atoms with Crippen molar-refractivity contribution < 1.29 is 14.3 Å². The van der Waals surface area contributed by atoms with Crippen LogP contribution in [0, 0.1) is 11.8 Å². The zero-order valence-corrected chi connectivity index (χ0v) is 13.5. The van der Waals surface area contributed by atoms with Crippen LogP contribution >= 0.6 is 0 Å². The van der Waals surface area contributed by atoms with Crippen molar-refractivity contribution >= 4 is 11.8 Å². The fourth-order valence-corrected chi connectivity index (χ4v) is 4.44. The Kier molecular flexibility index (Phi) is 3.32. The van der Waals surface area contributed by atoms with Crippen molar-refractivity contribution in [2.45, 2.75) is 44.6 Å². The second kappa shape index (κ2) is 5.14. The summed E-state index contributed by atoms with van der Waals surface area (Å²) in [5.74, 6) is -0.182. The lowest BCUT2D eigenvalue weighted by molar-refractivity contribution is -0.150. The SMILES string of the molecule is C[C@H]1CN[C@H]2[C@H]3C(=O)N(Cc4ccccc4)C(=O)[C@H]3O[C@@]2(C)C1. The molecule has 0 aromatic heterocycles. The summed E-state index contributed by atoms with van der Waals surface area (Å²) in [7, 11) is 0. The van der Waals surface area contributed by atoms with E-state index in [4.69, 9.17) is 4.74 Å². The Morgan fingerprint density at radius 2 is 2.00 bits per heavy atom. The van der Waals surface area contributed by atoms with Crippen molar-refractivity contribution in [1.82, 2.24) is 10.2 Å². The number of benzene rings is 1. The highest BCUT2D eigenvalue weighted by Crippen LogP contribution is 2.46. The van der Waals surface area contributed by atoms with Gasteiger partial charge in [0.15, 0.2) is 6.10 Å². The zero-order chi connectivity index (χ0) is 16.2. The molecule has 1 aromatic rings. The van der Waals surface area contributed by atoms with Crippen LogP contribution in [0.2, 0.25) is 0 Å². The van der Waals surface area contributed by atoms with Gasteiger partial charge in [0.1, 0.15) is 0 Å². The molecule has 3 aliphatic rings. The van der Waals surface area contributed by atoms with E-state index in [0.29, 0.717) is 12.5 Å². The van der Waals surface area contributed by atoms with Gasteiger partial charge in [0, 0.05) is 0 Å². The van der Waals surface area contributed by atoms with E-state index in [2.05, 4.69) is 12.2 Å². The molecule has 5 heteroatoms. The summed E-state index contributed by atoms with van der Waals surface area (Å²) in [5, 5.41) is 3.45. The quantitative estimate of drug-likeness (QED) is 0.837. The first-order valence-electron chi connectivity index (χ1n) is 8.30. The second-order valence-corrected chi connectivity index (χ2v) is 7.32. The summed E-state index contributed by atoms with van der Waals surface area (Å²) in [4.78, 5) is 27.0. The number of fused-ring (bicyclic) bond motifs is 3. The molecule has 5 atom stereocenters. The van der Waals surface area contributed by atoms with E-state index in [1.807, 2.05) is 37.3 Å². The van der Waals surface area contributed by atoms with E-state index in [1.54, 1.807) is 0 Å². The van der Waals surface area contributed by atoms with E-state index < -0.39 is 11.7 Å². The molecule has 3 aliphatic heterocycles. The molecule has 0 radical (unpaired) electrons. The van der Waals surface area contributed by atoms with Crippen molar-refractivity contribution in [3.05, 3.63) is 35.9 Å². The standard InChI is InChI=1S/C18H22N2O3/c1-11-8-18(2)15(19-9-11)13-14(23-18)17(22)20(16(13)21)10-12-6-4-3-5-7-12/h3-7,11,13-15,19H,8-10H2,1-2H3/t11-,13+,14+,15+,18+/m1/s1. The van der Waals surface area contributed by atoms with E-state index in [1.165, 1.54) is 4.90 Å². The molecule has 3 heterocycles. The van der Waals surface area contributed by atoms with Crippen LogP contribution in [0.5, 0.6) is 0 Å². The molecule has 23 heavy (non-hydrogen) atoms. The molecule has 0 unspecified atom stereocenters. The Balaban J connectivity index is 1.59. The van der Waals surface area contributed by atoms with Crippen molar-refractivity contribution in [1.29, 1.82) is 0 Å². The zero-order valence-electron chi connectivity index (χ0n) is 13.5. The van der Waals surface area contributed by atoms with Crippen molar-refractivity contribution in [2.24, 2.45) is 11.8 Å². The van der Waals surface area contributed by atoms with Gasteiger partial charge in [-0.25, -0.2) is 0 Å². The van der Waals surface area contributed by atoms with Gasteiger partial charge < -0.3 is 10.1 Å². The summed E-state index contributed by atoms with van der Waals surface area (Å²) < 4.78 is 6.12. The van der Waals surface area contributed by atoms with Crippen LogP contribution < -0.4 is 5.32 Å². The number of piperidine rings is 1. The van der Waals surface area contributed by atoms with Crippen molar-refractivity contribution in [3.63, 3.8) is 0 Å². The summed E-state index contributed by atoms with van der Waals surface area (Å²) in [6.07, 6.45) is 0.260. The number of amides is 2. The number of ether oxygens (including phenoxy) is 1. The van der Waals surface area contributed by atoms with Gasteiger partial charge in [-0.3, -0.25) is 14.5 Å². The summed E-state index contributed by atoms with van der Waals surface area (Å²) in [6.45, 7) is 5.39. The number of rotatable bonds is 2. The molecule has 2 amide bonds. The number of likely N-dealkylation sites (tertiary alicyclic amines) is 1. The molecule has 0 spiro atoms. The van der Waals surface area contributed by atoms with E-state index >= 15 is 0 Å². The molecule has 0 saturated carbocycles. The topological polar surface area (TPSA) is 58.6 Å². The molecular weight excluding hydrogens is 292 g/mol. The van der Waals surface area contributed by atoms with Gasteiger partial charge in [0.2, 0.25) is 5.91 Å². The lowest BCUT2D eigenvalue weighted by Gasteiger charge is -2.40. The minimum atomic E-state index is -0.626. The smallest absolute Gasteiger partial charge is 0.259 e. The molecule has 1 N–H and O–H groups in total. The molecular formula is C18H22N2O3. The summed E-state index contributed by atoms with van der Waals surface area (Å²) in [6, 6.07) is 9.55. The maximum Gasteiger partial charge on any atom is 0.259 e. The number of nitrogens with one attached hydrogen (secondary N) is 1. The van der Waals surface area contributed by atoms with E-state index in [9.17, 15) is 9.59 Å². The number of hydrogen-bond donors (Lipinski definition) is 1. The summed E-state index contributed by atoms with van der Waals surface area (Å²) >= 11 is 0. The van der Waals surface area contributed by atoms with E-state index in [-0.39, 0.29) is 23.8 Å². The highest BCUT2D eigenvalue weighted by molar-refractivity contribution is 6.07. The molecule has 3 saturated heterocycles. The van der Waals surface area contributed by atoms with E-state index in [0.717, 1.165) is 18.5 Å². The normalized spacial score (nSPS) is 39.5. The average molecular weight is 314 g/mol. The molecule has 0 aliphatic carbocycles. The van der Waals surface area contributed by atoms with Crippen LogP contribution in [-0.2, 0) is 20.9 Å². The predicted octanol–water partition coefficient (Wildman–Crippen LogP) is 1.33. The first-order valence-corrected chi connectivity index (χ1v) is 8.30. The lowest BCUT2D eigenvalue weighted by Crippen LogP contribution is -2.57. The number of imide groups is 1. The van der Waals surface area contributed by atoms with Crippen LogP contribution in [0.15, 0.2) is 30.3 Å². The third-order valence-electron chi connectivity index (χ3n) is 5.42. The van der Waals surface area contributed by atoms with Gasteiger partial charge in [0.05, 0.1) is 24.1 Å². The summed E-state index contributed by atoms with van der Waals surface area (Å²) in [5.41, 5.74) is 0.541. The second-order valence-electron chi connectivity index (χ2n) is 7.32. The van der Waals surface area contributed by atoms with Gasteiger partial charge in [-0.05, 0) is 31.4 Å². The third-order valence-corrected chi connectivity index (χ3v) is 5.42. The fraction of sp³-hybridized carbons (Fsp3) is 0.556. The predicted molar refractivity (Wildman–Crippen MR) is 84.3 cm³/mol. The van der Waals surface area contributed by atoms with Crippen molar-refractivity contribution in [3.8, 4) is 0 Å². The molecule has 122 valence electrons. The Bertz CT molecular complexity index is 647. The first-order chi connectivity index (χ1) is 11.0. The van der Waals surface area contributed by atoms with Gasteiger partial charge in [-0.1, -0.05) is 37.3 Å². The number of carbonyl (C=O) groups is 2. The minimum Gasteiger partial charge on any atom is -0.360 e. The Morgan fingerprint density at radius 3 is 2.74 bits per heavy atom.